The average molecular weight is 541 g/mol. The summed E-state index contributed by atoms with van der Waals surface area (Å²) in [6.45, 7) is 2.79. The van der Waals surface area contributed by atoms with Crippen LogP contribution in [0.15, 0.2) is 18.2 Å². The molecule has 2 unspecified atom stereocenters. The fourth-order valence-electron chi connectivity index (χ4n) is 6.50. The number of methoxy groups -OCH3 is 1. The summed E-state index contributed by atoms with van der Waals surface area (Å²) < 4.78 is 11.6. The van der Waals surface area contributed by atoms with Gasteiger partial charge in [-0.1, -0.05) is 26.0 Å². The van der Waals surface area contributed by atoms with Crippen LogP contribution in [0, 0.1) is 11.8 Å². The van der Waals surface area contributed by atoms with Gasteiger partial charge in [-0.05, 0) is 30.7 Å². The molecule has 0 aliphatic heterocycles. The number of ketones is 3. The maximum atomic E-state index is 13.7. The number of benzene rings is 2. The molecule has 6 atom stereocenters. The van der Waals surface area contributed by atoms with E-state index in [0.717, 1.165) is 0 Å². The fraction of sp³-hybridized carbons (Fsp3) is 0.483. The number of aliphatic hydroxyl groups excluding tert-OH is 2. The smallest absolute Gasteiger partial charge is 0.202 e. The molecular formula is C29H32O10. The van der Waals surface area contributed by atoms with Crippen molar-refractivity contribution in [2.24, 2.45) is 11.8 Å². The molecule has 3 aliphatic rings. The van der Waals surface area contributed by atoms with Crippen LogP contribution in [0.25, 0.3) is 0 Å². The highest BCUT2D eigenvalue weighted by Crippen LogP contribution is 2.52. The molecule has 39 heavy (non-hydrogen) atoms. The van der Waals surface area contributed by atoms with Crippen molar-refractivity contribution >= 4 is 17.3 Å². The second kappa shape index (κ2) is 9.71. The van der Waals surface area contributed by atoms with Gasteiger partial charge in [-0.3, -0.25) is 14.4 Å². The molecule has 0 amide bonds. The number of carbonyl (C=O) groups excluding carboxylic acids is 3. The van der Waals surface area contributed by atoms with Gasteiger partial charge in [-0.25, -0.2) is 0 Å². The van der Waals surface area contributed by atoms with Crippen LogP contribution < -0.4 is 4.74 Å². The quantitative estimate of drug-likeness (QED) is 0.301. The highest BCUT2D eigenvalue weighted by atomic mass is 16.5. The number of carbonyl (C=O) groups is 3. The van der Waals surface area contributed by atoms with E-state index in [-0.39, 0.29) is 46.3 Å². The maximum absolute atomic E-state index is 13.7. The van der Waals surface area contributed by atoms with E-state index < -0.39 is 76.9 Å². The summed E-state index contributed by atoms with van der Waals surface area (Å²) in [4.78, 5) is 39.9. The molecule has 0 saturated heterocycles. The molecule has 1 saturated carbocycles. The van der Waals surface area contributed by atoms with Crippen molar-refractivity contribution in [3.63, 3.8) is 0 Å². The minimum absolute atomic E-state index is 0.00703. The Morgan fingerprint density at radius 2 is 1.67 bits per heavy atom. The van der Waals surface area contributed by atoms with Crippen molar-refractivity contribution in [3.8, 4) is 17.2 Å². The Labute approximate surface area is 224 Å². The number of Topliss-reactive ketones (excluding diaryl/α,β-unsaturated/α-hetero) is 1. The molecule has 208 valence electrons. The normalized spacial score (nSPS) is 29.8. The van der Waals surface area contributed by atoms with E-state index in [1.165, 1.54) is 25.3 Å². The van der Waals surface area contributed by atoms with Crippen molar-refractivity contribution in [2.75, 3.05) is 13.7 Å². The monoisotopic (exact) mass is 540 g/mol. The van der Waals surface area contributed by atoms with Gasteiger partial charge in [0.2, 0.25) is 5.78 Å². The number of hydrogen-bond acceptors (Lipinski definition) is 10. The van der Waals surface area contributed by atoms with Crippen molar-refractivity contribution < 1.29 is 49.4 Å². The summed E-state index contributed by atoms with van der Waals surface area (Å²) in [5.74, 6) is -3.64. The minimum atomic E-state index is -2.15. The predicted molar refractivity (Wildman–Crippen MR) is 136 cm³/mol. The van der Waals surface area contributed by atoms with Crippen LogP contribution >= 0.6 is 0 Å². The van der Waals surface area contributed by atoms with Gasteiger partial charge in [0.25, 0.3) is 0 Å². The first-order valence-electron chi connectivity index (χ1n) is 13.0. The molecule has 5 N–H and O–H groups in total. The maximum Gasteiger partial charge on any atom is 0.202 e. The SMILES string of the molecule is COc1cccc2c1C(=O)c1c(O)c3c(c(O)c1C2=O)C[C@@](O)(C(=O)CO)C[C@@H]3OC1C[C@@H](C)C(O)[C@@H](C)C1. The Kier molecular flexibility index (Phi) is 6.79. The van der Waals surface area contributed by atoms with Gasteiger partial charge in [0, 0.05) is 29.5 Å². The van der Waals surface area contributed by atoms with Crippen molar-refractivity contribution in [3.05, 3.63) is 51.6 Å². The van der Waals surface area contributed by atoms with E-state index in [9.17, 15) is 39.9 Å². The van der Waals surface area contributed by atoms with Gasteiger partial charge >= 0.3 is 0 Å². The molecule has 2 aromatic rings. The Morgan fingerprint density at radius 3 is 2.28 bits per heavy atom. The zero-order valence-corrected chi connectivity index (χ0v) is 21.9. The van der Waals surface area contributed by atoms with E-state index >= 15 is 0 Å². The Bertz CT molecular complexity index is 1370. The van der Waals surface area contributed by atoms with E-state index in [2.05, 4.69) is 0 Å². The van der Waals surface area contributed by atoms with E-state index in [4.69, 9.17) is 9.47 Å². The van der Waals surface area contributed by atoms with Crippen LogP contribution in [-0.4, -0.2) is 74.4 Å². The van der Waals surface area contributed by atoms with Crippen LogP contribution in [0.4, 0.5) is 0 Å². The molecule has 5 rings (SSSR count). The lowest BCUT2D eigenvalue weighted by atomic mass is 9.71. The van der Waals surface area contributed by atoms with Gasteiger partial charge < -0.3 is 35.0 Å². The van der Waals surface area contributed by atoms with E-state index in [0.29, 0.717) is 12.8 Å². The third-order valence-electron chi connectivity index (χ3n) is 8.53. The Hall–Kier alpha value is -3.31. The number of rotatable bonds is 5. The highest BCUT2D eigenvalue weighted by Gasteiger charge is 2.50. The van der Waals surface area contributed by atoms with Crippen molar-refractivity contribution in [2.45, 2.75) is 63.4 Å². The largest absolute Gasteiger partial charge is 0.507 e. The number of ether oxygens (including phenoxy) is 2. The summed E-state index contributed by atoms with van der Waals surface area (Å²) in [5.41, 5.74) is -3.14. The van der Waals surface area contributed by atoms with Crippen LogP contribution in [0.5, 0.6) is 17.2 Å². The summed E-state index contributed by atoms with van der Waals surface area (Å²) >= 11 is 0. The number of phenolic OH excluding ortho intramolecular Hbond substituents is 2. The molecule has 10 heteroatoms. The topological polar surface area (TPSA) is 171 Å². The number of hydrogen-bond donors (Lipinski definition) is 5. The van der Waals surface area contributed by atoms with Gasteiger partial charge in [-0.15, -0.1) is 0 Å². The van der Waals surface area contributed by atoms with Crippen molar-refractivity contribution in [1.82, 2.24) is 0 Å². The van der Waals surface area contributed by atoms with Gasteiger partial charge in [0.1, 0.15) is 29.5 Å². The summed E-state index contributed by atoms with van der Waals surface area (Å²) in [7, 11) is 1.35. The molecule has 0 spiro atoms. The first kappa shape index (κ1) is 27.3. The third-order valence-corrected chi connectivity index (χ3v) is 8.53. The van der Waals surface area contributed by atoms with Gasteiger partial charge in [0.05, 0.1) is 42.1 Å². The minimum Gasteiger partial charge on any atom is -0.507 e. The van der Waals surface area contributed by atoms with E-state index in [1.807, 2.05) is 13.8 Å². The van der Waals surface area contributed by atoms with E-state index in [1.54, 1.807) is 0 Å². The molecule has 0 heterocycles. The lowest BCUT2D eigenvalue weighted by molar-refractivity contribution is -0.152. The molecule has 2 aromatic carbocycles. The lowest BCUT2D eigenvalue weighted by Crippen LogP contribution is -2.48. The standard InChI is InChI=1S/C29H32O10/c1-12-7-14(8-13(2)24(12)32)39-18-10-29(37,19(31)11-30)9-16-21(18)28(36)23-22(26(16)34)25(33)15-5-4-6-17(38-3)20(15)27(23)35/h4-6,12-14,18,24,30,32,34,36-37H,7-11H2,1-3H3/t12-,13+,14?,18-,24?,29-/m0/s1. The van der Waals surface area contributed by atoms with Crippen LogP contribution in [0.3, 0.4) is 0 Å². The van der Waals surface area contributed by atoms with Gasteiger partial charge in [0.15, 0.2) is 11.6 Å². The predicted octanol–water partition coefficient (Wildman–Crippen LogP) is 1.97. The molecule has 0 bridgehead atoms. The number of aromatic hydroxyl groups is 2. The third kappa shape index (κ3) is 4.13. The molecule has 0 aromatic heterocycles. The molecule has 0 radical (unpaired) electrons. The van der Waals surface area contributed by atoms with Crippen LogP contribution in [0.1, 0.15) is 82.2 Å². The number of aliphatic hydroxyl groups is 3. The molecule has 10 nitrogen and oxygen atoms in total. The first-order chi connectivity index (χ1) is 18.4. The number of fused-ring (bicyclic) bond motifs is 3. The zero-order chi connectivity index (χ0) is 28.4. The second-order valence-electron chi connectivity index (χ2n) is 11.0. The summed E-state index contributed by atoms with van der Waals surface area (Å²) in [6.07, 6.45) is -2.05. The molecule has 1 fully saturated rings. The van der Waals surface area contributed by atoms with Crippen molar-refractivity contribution in [1.29, 1.82) is 0 Å². The molecule has 3 aliphatic carbocycles. The zero-order valence-electron chi connectivity index (χ0n) is 21.9. The first-order valence-corrected chi connectivity index (χ1v) is 13.0. The Morgan fingerprint density at radius 1 is 1.03 bits per heavy atom. The Balaban J connectivity index is 1.69. The summed E-state index contributed by atoms with van der Waals surface area (Å²) in [5, 5.41) is 54.2. The van der Waals surface area contributed by atoms with Gasteiger partial charge in [-0.2, -0.15) is 0 Å². The average Bonchev–Trinajstić information content (AvgIpc) is 2.90. The lowest BCUT2D eigenvalue weighted by Gasteiger charge is -2.42. The van der Waals surface area contributed by atoms with Crippen LogP contribution in [0.2, 0.25) is 0 Å². The molecular weight excluding hydrogens is 508 g/mol. The number of phenols is 2. The fourth-order valence-corrected chi connectivity index (χ4v) is 6.50. The van der Waals surface area contributed by atoms with Crippen LogP contribution in [-0.2, 0) is 16.0 Å². The highest BCUT2D eigenvalue weighted by molar-refractivity contribution is 6.31. The summed E-state index contributed by atoms with van der Waals surface area (Å²) in [6, 6.07) is 4.44. The second-order valence-corrected chi connectivity index (χ2v) is 11.0.